The van der Waals surface area contributed by atoms with E-state index in [1.807, 2.05) is 32.9 Å². The Balaban J connectivity index is 1.67. The minimum absolute atomic E-state index is 0.00311. The summed E-state index contributed by atoms with van der Waals surface area (Å²) in [6.45, 7) is 6.16. The predicted octanol–water partition coefficient (Wildman–Crippen LogP) is 3.66. The number of carbonyl (C=O) groups excluding carboxylic acids is 1. The minimum Gasteiger partial charge on any atom is -0.460 e. The van der Waals surface area contributed by atoms with Gasteiger partial charge in [0.25, 0.3) is 0 Å². The van der Waals surface area contributed by atoms with Crippen LogP contribution in [0.1, 0.15) is 45.6 Å². The number of hydrogen-bond donors (Lipinski definition) is 1. The van der Waals surface area contributed by atoms with Gasteiger partial charge in [0.05, 0.1) is 12.5 Å². The van der Waals surface area contributed by atoms with Crippen LogP contribution in [0.5, 0.6) is 0 Å². The van der Waals surface area contributed by atoms with E-state index in [2.05, 4.69) is 30.3 Å². The van der Waals surface area contributed by atoms with E-state index in [4.69, 9.17) is 19.8 Å². The molecule has 150 valence electrons. The molecule has 1 aliphatic rings. The van der Waals surface area contributed by atoms with E-state index in [1.54, 1.807) is 0 Å². The Bertz CT molecular complexity index is 804. The highest BCUT2D eigenvalue weighted by molar-refractivity contribution is 6.44. The third-order valence-electron chi connectivity index (χ3n) is 4.73. The van der Waals surface area contributed by atoms with Crippen LogP contribution in [-0.2, 0) is 25.2 Å². The number of hydrogen-bond acceptors (Lipinski definition) is 5. The van der Waals surface area contributed by atoms with Gasteiger partial charge in [0.15, 0.2) is 0 Å². The summed E-state index contributed by atoms with van der Waals surface area (Å²) in [5.74, 6) is -0.240. The molecule has 0 aromatic heterocycles. The number of carbonyl (C=O) groups is 1. The van der Waals surface area contributed by atoms with Crippen molar-refractivity contribution in [2.24, 2.45) is 5.73 Å². The molecular weight excluding hydrogens is 353 g/mol. The first-order valence-electron chi connectivity index (χ1n) is 10.0. The van der Waals surface area contributed by atoms with E-state index in [1.165, 1.54) is 10.8 Å². The number of nitrogens with two attached hydrogens (primary N) is 1. The second-order valence-electron chi connectivity index (χ2n) is 8.43. The molecule has 0 saturated carbocycles. The monoisotopic (exact) mass is 383 g/mol. The van der Waals surface area contributed by atoms with Crippen molar-refractivity contribution in [1.29, 1.82) is 0 Å². The van der Waals surface area contributed by atoms with Crippen LogP contribution in [0, 0.1) is 0 Å². The summed E-state index contributed by atoms with van der Waals surface area (Å²) in [5, 5.41) is 2.40. The van der Waals surface area contributed by atoms with Gasteiger partial charge < -0.3 is 19.8 Å². The van der Waals surface area contributed by atoms with Crippen LogP contribution in [0.2, 0.25) is 0 Å². The fraction of sp³-hybridized carbons (Fsp3) is 0.500. The molecule has 0 radical (unpaired) electrons. The van der Waals surface area contributed by atoms with Gasteiger partial charge >= 0.3 is 13.1 Å². The Morgan fingerprint density at radius 2 is 1.86 bits per heavy atom. The highest BCUT2D eigenvalue weighted by Crippen LogP contribution is 2.25. The molecule has 0 aliphatic carbocycles. The molecule has 5 nitrogen and oxygen atoms in total. The SMILES string of the molecule is CC(C)(C)OC(=O)C[C@H]1C[C@@H](CCN)OB(Cc2ccc3ccccc3c2)O1. The minimum atomic E-state index is -0.497. The van der Waals surface area contributed by atoms with Crippen molar-refractivity contribution in [3.63, 3.8) is 0 Å². The van der Waals surface area contributed by atoms with Gasteiger partial charge in [-0.15, -0.1) is 0 Å². The molecule has 2 aromatic carbocycles. The number of esters is 1. The van der Waals surface area contributed by atoms with E-state index >= 15 is 0 Å². The molecule has 2 atom stereocenters. The first kappa shape index (κ1) is 20.8. The van der Waals surface area contributed by atoms with Gasteiger partial charge in [-0.2, -0.15) is 0 Å². The number of rotatable bonds is 6. The van der Waals surface area contributed by atoms with Crippen LogP contribution in [0.3, 0.4) is 0 Å². The first-order valence-corrected chi connectivity index (χ1v) is 10.0. The maximum Gasteiger partial charge on any atom is 0.461 e. The molecule has 3 rings (SSSR count). The maximum atomic E-state index is 12.2. The third kappa shape index (κ3) is 6.06. The number of fused-ring (bicyclic) bond motifs is 1. The summed E-state index contributed by atoms with van der Waals surface area (Å²) < 4.78 is 17.7. The summed E-state index contributed by atoms with van der Waals surface area (Å²) >= 11 is 0. The summed E-state index contributed by atoms with van der Waals surface area (Å²) in [6, 6.07) is 14.7. The molecule has 2 aromatic rings. The molecule has 0 bridgehead atoms. The quantitative estimate of drug-likeness (QED) is 0.609. The molecule has 0 amide bonds. The first-order chi connectivity index (χ1) is 13.3. The van der Waals surface area contributed by atoms with E-state index in [0.717, 1.165) is 12.0 Å². The van der Waals surface area contributed by atoms with Gasteiger partial charge in [-0.3, -0.25) is 4.79 Å². The lowest BCUT2D eigenvalue weighted by atomic mass is 9.77. The lowest BCUT2D eigenvalue weighted by molar-refractivity contribution is -0.157. The van der Waals surface area contributed by atoms with Crippen LogP contribution < -0.4 is 5.73 Å². The van der Waals surface area contributed by atoms with E-state index in [0.29, 0.717) is 19.3 Å². The van der Waals surface area contributed by atoms with Gasteiger partial charge in [-0.1, -0.05) is 42.5 Å². The Morgan fingerprint density at radius 3 is 2.57 bits per heavy atom. The topological polar surface area (TPSA) is 70.8 Å². The number of ether oxygens (including phenoxy) is 1. The highest BCUT2D eigenvalue weighted by atomic mass is 16.6. The maximum absolute atomic E-state index is 12.2. The van der Waals surface area contributed by atoms with Crippen LogP contribution in [0.25, 0.3) is 10.8 Å². The van der Waals surface area contributed by atoms with Gasteiger partial charge in [0.2, 0.25) is 0 Å². The van der Waals surface area contributed by atoms with Gasteiger partial charge in [0.1, 0.15) is 5.60 Å². The molecule has 0 spiro atoms. The average molecular weight is 383 g/mol. The molecule has 1 saturated heterocycles. The molecule has 0 unspecified atom stereocenters. The van der Waals surface area contributed by atoms with Crippen molar-refractivity contribution in [2.45, 2.75) is 64.2 Å². The molecule has 6 heteroatoms. The smallest absolute Gasteiger partial charge is 0.460 e. The van der Waals surface area contributed by atoms with E-state index in [9.17, 15) is 4.79 Å². The van der Waals surface area contributed by atoms with Crippen molar-refractivity contribution >= 4 is 23.9 Å². The summed E-state index contributed by atoms with van der Waals surface area (Å²) in [7, 11) is -0.390. The Kier molecular flexibility index (Phi) is 6.75. The average Bonchev–Trinajstić information content (AvgIpc) is 2.60. The van der Waals surface area contributed by atoms with Gasteiger partial charge in [-0.05, 0) is 56.5 Å². The van der Waals surface area contributed by atoms with E-state index < -0.39 is 5.60 Å². The molecule has 2 N–H and O–H groups in total. The molecular formula is C22H30BNO4. The third-order valence-corrected chi connectivity index (χ3v) is 4.73. The Morgan fingerprint density at radius 1 is 1.14 bits per heavy atom. The normalized spacial score (nSPS) is 20.4. The second kappa shape index (κ2) is 9.08. The van der Waals surface area contributed by atoms with Crippen LogP contribution in [0.15, 0.2) is 42.5 Å². The van der Waals surface area contributed by atoms with Crippen molar-refractivity contribution in [2.75, 3.05) is 6.54 Å². The van der Waals surface area contributed by atoms with E-state index in [-0.39, 0.29) is 31.7 Å². The summed E-state index contributed by atoms with van der Waals surface area (Å²) in [6.07, 6.45) is 2.06. The fourth-order valence-electron chi connectivity index (χ4n) is 3.59. The summed E-state index contributed by atoms with van der Waals surface area (Å²) in [4.78, 5) is 12.2. The van der Waals surface area contributed by atoms with Gasteiger partial charge in [-0.25, -0.2) is 0 Å². The summed E-state index contributed by atoms with van der Waals surface area (Å²) in [5.41, 5.74) is 6.39. The zero-order valence-electron chi connectivity index (χ0n) is 17.0. The Labute approximate surface area is 167 Å². The van der Waals surface area contributed by atoms with Crippen molar-refractivity contribution < 1.29 is 18.8 Å². The highest BCUT2D eigenvalue weighted by Gasteiger charge is 2.35. The molecule has 1 aliphatic heterocycles. The largest absolute Gasteiger partial charge is 0.461 e. The predicted molar refractivity (Wildman–Crippen MR) is 112 cm³/mol. The van der Waals surface area contributed by atoms with Gasteiger partial charge in [0, 0.05) is 12.4 Å². The second-order valence-corrected chi connectivity index (χ2v) is 8.43. The zero-order chi connectivity index (χ0) is 20.1. The van der Waals surface area contributed by atoms with Crippen LogP contribution in [-0.4, -0.2) is 37.4 Å². The molecule has 1 fully saturated rings. The van der Waals surface area contributed by atoms with Crippen LogP contribution >= 0.6 is 0 Å². The molecule has 1 heterocycles. The standard InChI is InChI=1S/C22H30BNO4/c1-22(2,3)26-21(25)14-20-13-19(10-11-24)27-23(28-20)15-16-8-9-17-6-4-5-7-18(17)12-16/h4-9,12,19-20H,10-11,13-15,24H2,1-3H3/t19-,20-/m1/s1. The Hall–Kier alpha value is -1.89. The number of benzene rings is 2. The fourth-order valence-corrected chi connectivity index (χ4v) is 3.59. The lowest BCUT2D eigenvalue weighted by Crippen LogP contribution is -2.44. The zero-order valence-corrected chi connectivity index (χ0v) is 17.0. The van der Waals surface area contributed by atoms with Crippen molar-refractivity contribution in [1.82, 2.24) is 0 Å². The van der Waals surface area contributed by atoms with Crippen LogP contribution in [0.4, 0.5) is 0 Å². The van der Waals surface area contributed by atoms with Crippen molar-refractivity contribution in [3.05, 3.63) is 48.0 Å². The van der Waals surface area contributed by atoms with Crippen molar-refractivity contribution in [3.8, 4) is 0 Å². The lowest BCUT2D eigenvalue weighted by Gasteiger charge is -2.34. The molecule has 28 heavy (non-hydrogen) atoms.